The van der Waals surface area contributed by atoms with E-state index < -0.39 is 35.3 Å². The molecule has 1 aliphatic carbocycles. The Kier molecular flexibility index (Phi) is 7.67. The van der Waals surface area contributed by atoms with Crippen LogP contribution in [0.3, 0.4) is 0 Å². The van der Waals surface area contributed by atoms with Gasteiger partial charge in [-0.2, -0.15) is 0 Å². The molecular weight excluding hydrogens is 448 g/mol. The van der Waals surface area contributed by atoms with Crippen molar-refractivity contribution >= 4 is 17.9 Å². The lowest BCUT2D eigenvalue weighted by atomic mass is 9.74. The molecule has 35 heavy (non-hydrogen) atoms. The highest BCUT2D eigenvalue weighted by Gasteiger charge is 2.73. The first-order valence-corrected chi connectivity index (χ1v) is 13.6. The van der Waals surface area contributed by atoms with E-state index in [1.807, 2.05) is 20.8 Å². The number of ether oxygens (including phenoxy) is 2. The van der Waals surface area contributed by atoms with Crippen LogP contribution in [-0.2, 0) is 19.1 Å². The Labute approximate surface area is 209 Å². The van der Waals surface area contributed by atoms with Crippen LogP contribution in [0.4, 0.5) is 4.79 Å². The summed E-state index contributed by atoms with van der Waals surface area (Å²) >= 11 is 0. The largest absolute Gasteiger partial charge is 0.444 e. The lowest BCUT2D eigenvalue weighted by molar-refractivity contribution is -0.140. The molecule has 2 bridgehead atoms. The number of alkyl carbamates (subject to hydrolysis) is 1. The molecule has 0 radical (unpaired) electrons. The minimum Gasteiger partial charge on any atom is -0.444 e. The van der Waals surface area contributed by atoms with Gasteiger partial charge in [-0.15, -0.1) is 0 Å². The van der Waals surface area contributed by atoms with Gasteiger partial charge in [-0.3, -0.25) is 9.59 Å². The molecule has 3 heterocycles. The SMILES string of the molecule is CCN(CC)CCN1C(=O)C2C(NC(=O)OC(C)(C)C)C3CCC2(O3)C1C(=O)NC1CCCCC1. The Bertz CT molecular complexity index is 804. The molecule has 1 spiro atoms. The summed E-state index contributed by atoms with van der Waals surface area (Å²) in [6, 6.07) is -1.01. The van der Waals surface area contributed by atoms with Crippen molar-refractivity contribution < 1.29 is 23.9 Å². The van der Waals surface area contributed by atoms with E-state index in [1.54, 1.807) is 4.90 Å². The maximum absolute atomic E-state index is 13.9. The maximum Gasteiger partial charge on any atom is 0.407 e. The molecule has 4 rings (SSSR count). The monoisotopic (exact) mass is 492 g/mol. The van der Waals surface area contributed by atoms with Gasteiger partial charge in [0.05, 0.1) is 18.1 Å². The molecule has 0 aromatic heterocycles. The number of likely N-dealkylation sites (N-methyl/N-ethyl adjacent to an activating group) is 1. The molecule has 0 aromatic rings. The fraction of sp³-hybridized carbons (Fsp3) is 0.885. The number of nitrogens with one attached hydrogen (secondary N) is 2. The van der Waals surface area contributed by atoms with Crippen molar-refractivity contribution in [1.82, 2.24) is 20.4 Å². The molecule has 1 saturated carbocycles. The van der Waals surface area contributed by atoms with Gasteiger partial charge in [0.15, 0.2) is 0 Å². The molecule has 9 nitrogen and oxygen atoms in total. The zero-order chi connectivity index (χ0) is 25.4. The van der Waals surface area contributed by atoms with E-state index in [0.717, 1.165) is 38.8 Å². The van der Waals surface area contributed by atoms with Gasteiger partial charge < -0.3 is 29.9 Å². The second-order valence-corrected chi connectivity index (χ2v) is 11.6. The van der Waals surface area contributed by atoms with Crippen LogP contribution in [0.15, 0.2) is 0 Å². The van der Waals surface area contributed by atoms with Gasteiger partial charge in [0.1, 0.15) is 17.2 Å². The highest BCUT2D eigenvalue weighted by Crippen LogP contribution is 2.55. The standard InChI is InChI=1S/C26H44N4O5/c1-6-29(7-2)15-16-30-21(22(31)27-17-11-9-8-10-12-17)26-14-13-18(34-26)20(19(26)23(30)32)28-24(33)35-25(3,4)5/h17-21H,6-16H2,1-5H3,(H,27,31)(H,28,33). The molecular formula is C26H44N4O5. The van der Waals surface area contributed by atoms with Gasteiger partial charge in [0.2, 0.25) is 11.8 Å². The lowest BCUT2D eigenvalue weighted by Crippen LogP contribution is -2.58. The Hall–Kier alpha value is -1.87. The fourth-order valence-electron chi connectivity index (χ4n) is 6.61. The van der Waals surface area contributed by atoms with Crippen LogP contribution in [0.25, 0.3) is 0 Å². The predicted molar refractivity (Wildman–Crippen MR) is 132 cm³/mol. The molecule has 3 aliphatic heterocycles. The summed E-state index contributed by atoms with van der Waals surface area (Å²) in [4.78, 5) is 44.3. The molecule has 198 valence electrons. The molecule has 2 N–H and O–H groups in total. The third-order valence-electron chi connectivity index (χ3n) is 8.23. The third-order valence-corrected chi connectivity index (χ3v) is 8.23. The van der Waals surface area contributed by atoms with Crippen LogP contribution in [0, 0.1) is 5.92 Å². The van der Waals surface area contributed by atoms with Crippen molar-refractivity contribution in [3.8, 4) is 0 Å². The zero-order valence-electron chi connectivity index (χ0n) is 22.1. The van der Waals surface area contributed by atoms with E-state index in [0.29, 0.717) is 25.9 Å². The number of rotatable bonds is 8. The molecule has 5 atom stereocenters. The number of hydrogen-bond donors (Lipinski definition) is 2. The summed E-state index contributed by atoms with van der Waals surface area (Å²) in [6.07, 6.45) is 5.93. The highest BCUT2D eigenvalue weighted by molar-refractivity contribution is 5.96. The number of carbonyl (C=O) groups is 3. The first-order valence-electron chi connectivity index (χ1n) is 13.6. The van der Waals surface area contributed by atoms with E-state index in [-0.39, 0.29) is 24.0 Å². The number of fused-ring (bicyclic) bond motifs is 1. The number of hydrogen-bond acceptors (Lipinski definition) is 6. The van der Waals surface area contributed by atoms with E-state index in [9.17, 15) is 14.4 Å². The fourth-order valence-corrected chi connectivity index (χ4v) is 6.61. The van der Waals surface area contributed by atoms with E-state index in [2.05, 4.69) is 29.4 Å². The maximum atomic E-state index is 13.9. The second kappa shape index (κ2) is 10.2. The number of carbonyl (C=O) groups excluding carboxylic acids is 3. The molecule has 3 amide bonds. The average molecular weight is 493 g/mol. The first kappa shape index (κ1) is 26.2. The van der Waals surface area contributed by atoms with Crippen molar-refractivity contribution in [2.45, 2.75) is 115 Å². The van der Waals surface area contributed by atoms with Crippen LogP contribution < -0.4 is 10.6 Å². The van der Waals surface area contributed by atoms with Crippen LogP contribution in [0.1, 0.15) is 79.6 Å². The lowest BCUT2D eigenvalue weighted by Gasteiger charge is -2.35. The van der Waals surface area contributed by atoms with Crippen molar-refractivity contribution in [2.24, 2.45) is 5.92 Å². The van der Waals surface area contributed by atoms with Gasteiger partial charge in [-0.25, -0.2) is 4.79 Å². The zero-order valence-corrected chi connectivity index (χ0v) is 22.1. The van der Waals surface area contributed by atoms with Gasteiger partial charge in [-0.1, -0.05) is 33.1 Å². The van der Waals surface area contributed by atoms with Gasteiger partial charge in [-0.05, 0) is 59.5 Å². The third kappa shape index (κ3) is 5.17. The summed E-state index contributed by atoms with van der Waals surface area (Å²) < 4.78 is 12.0. The van der Waals surface area contributed by atoms with Crippen LogP contribution >= 0.6 is 0 Å². The second-order valence-electron chi connectivity index (χ2n) is 11.6. The topological polar surface area (TPSA) is 100 Å². The average Bonchev–Trinajstić information content (AvgIpc) is 3.42. The number of nitrogens with zero attached hydrogens (tertiary/aromatic N) is 2. The first-order chi connectivity index (χ1) is 16.6. The number of amides is 3. The molecule has 5 unspecified atom stereocenters. The van der Waals surface area contributed by atoms with Crippen molar-refractivity contribution in [2.75, 3.05) is 26.2 Å². The van der Waals surface area contributed by atoms with Gasteiger partial charge in [0.25, 0.3) is 0 Å². The predicted octanol–water partition coefficient (Wildman–Crippen LogP) is 2.43. The van der Waals surface area contributed by atoms with Crippen LogP contribution in [0.2, 0.25) is 0 Å². The van der Waals surface area contributed by atoms with Crippen LogP contribution in [0.5, 0.6) is 0 Å². The Morgan fingerprint density at radius 3 is 2.43 bits per heavy atom. The van der Waals surface area contributed by atoms with E-state index in [4.69, 9.17) is 9.47 Å². The van der Waals surface area contributed by atoms with Crippen molar-refractivity contribution in [1.29, 1.82) is 0 Å². The summed E-state index contributed by atoms with van der Waals surface area (Å²) in [5, 5.41) is 6.20. The minimum atomic E-state index is -0.899. The van der Waals surface area contributed by atoms with Crippen molar-refractivity contribution in [3.05, 3.63) is 0 Å². The Morgan fingerprint density at radius 2 is 1.80 bits per heavy atom. The Balaban J connectivity index is 1.58. The van der Waals surface area contributed by atoms with E-state index >= 15 is 0 Å². The molecule has 9 heteroatoms. The van der Waals surface area contributed by atoms with Gasteiger partial charge >= 0.3 is 6.09 Å². The summed E-state index contributed by atoms with van der Waals surface area (Å²) in [7, 11) is 0. The summed E-state index contributed by atoms with van der Waals surface area (Å²) in [6.45, 7) is 12.6. The molecule has 4 aliphatic rings. The summed E-state index contributed by atoms with van der Waals surface area (Å²) in [5.41, 5.74) is -1.54. The van der Waals surface area contributed by atoms with Crippen molar-refractivity contribution in [3.63, 3.8) is 0 Å². The quantitative estimate of drug-likeness (QED) is 0.540. The van der Waals surface area contributed by atoms with E-state index in [1.165, 1.54) is 6.42 Å². The minimum absolute atomic E-state index is 0.0933. The summed E-state index contributed by atoms with van der Waals surface area (Å²) in [5.74, 6) is -0.775. The van der Waals surface area contributed by atoms with Gasteiger partial charge in [0, 0.05) is 19.1 Å². The molecule has 3 saturated heterocycles. The number of likely N-dealkylation sites (tertiary alicyclic amines) is 1. The Morgan fingerprint density at radius 1 is 1.11 bits per heavy atom. The van der Waals surface area contributed by atoms with Crippen LogP contribution in [-0.4, -0.2) is 89.3 Å². The molecule has 0 aromatic carbocycles. The highest BCUT2D eigenvalue weighted by atomic mass is 16.6. The smallest absolute Gasteiger partial charge is 0.407 e. The normalized spacial score (nSPS) is 32.7. The molecule has 4 fully saturated rings.